The summed E-state index contributed by atoms with van der Waals surface area (Å²) in [5.41, 5.74) is 0.671. The maximum atomic E-state index is 14.2. The number of nitrogens with one attached hydrogen (secondary N) is 2. The average Bonchev–Trinajstić information content (AvgIpc) is 3.39. The number of piperidine rings is 1. The van der Waals surface area contributed by atoms with E-state index in [2.05, 4.69) is 20.8 Å². The van der Waals surface area contributed by atoms with Crippen LogP contribution in [0.1, 0.15) is 39.5 Å². The van der Waals surface area contributed by atoms with E-state index >= 15 is 0 Å². The molecular weight excluding hydrogens is 524 g/mol. The largest absolute Gasteiger partial charge is 0.483 e. The molecule has 4 aromatic rings. The zero-order valence-corrected chi connectivity index (χ0v) is 21.7. The molecule has 8 nitrogen and oxygen atoms in total. The number of rotatable bonds is 6. The Bertz CT molecular complexity index is 1600. The van der Waals surface area contributed by atoms with E-state index in [4.69, 9.17) is 4.74 Å². The molecule has 1 fully saturated rings. The molecule has 0 radical (unpaired) electrons. The summed E-state index contributed by atoms with van der Waals surface area (Å²) in [7, 11) is 0. The normalized spacial score (nSPS) is 16.1. The number of fused-ring (bicyclic) bond motifs is 1. The SMILES string of the molecule is O=C1NC2(CCNCC2)Cn2cc(-c3nnc(Cc4ccc(F)cc4F)s3)c(=O)c(OCc3ccccc3)c21. The molecule has 4 heterocycles. The van der Waals surface area contributed by atoms with Crippen molar-refractivity contribution < 1.29 is 18.3 Å². The summed E-state index contributed by atoms with van der Waals surface area (Å²) >= 11 is 1.15. The topological polar surface area (TPSA) is 98.1 Å². The van der Waals surface area contributed by atoms with Gasteiger partial charge in [0, 0.05) is 25.2 Å². The van der Waals surface area contributed by atoms with Gasteiger partial charge in [-0.3, -0.25) is 9.59 Å². The van der Waals surface area contributed by atoms with E-state index in [0.29, 0.717) is 16.6 Å². The van der Waals surface area contributed by atoms with Gasteiger partial charge >= 0.3 is 0 Å². The van der Waals surface area contributed by atoms with Crippen molar-refractivity contribution in [2.24, 2.45) is 0 Å². The Morgan fingerprint density at radius 2 is 1.85 bits per heavy atom. The first-order chi connectivity index (χ1) is 18.9. The van der Waals surface area contributed by atoms with E-state index < -0.39 is 22.6 Å². The fourth-order valence-electron chi connectivity index (χ4n) is 5.13. The second kappa shape index (κ2) is 10.3. The molecule has 6 rings (SSSR count). The van der Waals surface area contributed by atoms with Gasteiger partial charge in [0.15, 0.2) is 16.5 Å². The molecule has 11 heteroatoms. The molecule has 2 N–H and O–H groups in total. The van der Waals surface area contributed by atoms with Crippen LogP contribution in [-0.2, 0) is 19.6 Å². The Morgan fingerprint density at radius 3 is 2.62 bits per heavy atom. The summed E-state index contributed by atoms with van der Waals surface area (Å²) in [4.78, 5) is 27.1. The molecule has 0 aliphatic carbocycles. The number of ether oxygens (including phenoxy) is 1. The Kier molecular flexibility index (Phi) is 6.69. The molecule has 1 amide bonds. The minimum absolute atomic E-state index is 0.0426. The number of aromatic nitrogens is 3. The summed E-state index contributed by atoms with van der Waals surface area (Å²) in [5.74, 6) is -1.72. The summed E-state index contributed by atoms with van der Waals surface area (Å²) in [6, 6.07) is 12.8. The van der Waals surface area contributed by atoms with E-state index in [0.717, 1.165) is 48.9 Å². The smallest absolute Gasteiger partial charge is 0.272 e. The first kappa shape index (κ1) is 25.3. The van der Waals surface area contributed by atoms with E-state index in [1.54, 1.807) is 10.8 Å². The van der Waals surface area contributed by atoms with Crippen molar-refractivity contribution in [2.45, 2.75) is 38.0 Å². The number of halogens is 2. The van der Waals surface area contributed by atoms with Crippen molar-refractivity contribution in [3.63, 3.8) is 0 Å². The van der Waals surface area contributed by atoms with Gasteiger partial charge in [0.25, 0.3) is 5.91 Å². The van der Waals surface area contributed by atoms with Gasteiger partial charge in [0.2, 0.25) is 5.43 Å². The van der Waals surface area contributed by atoms with Gasteiger partial charge in [0.1, 0.15) is 23.2 Å². The molecule has 39 heavy (non-hydrogen) atoms. The van der Waals surface area contributed by atoms with Gasteiger partial charge < -0.3 is 19.9 Å². The number of hydrogen-bond acceptors (Lipinski definition) is 7. The van der Waals surface area contributed by atoms with Gasteiger partial charge in [-0.05, 0) is 43.1 Å². The summed E-state index contributed by atoms with van der Waals surface area (Å²) in [5, 5.41) is 15.6. The zero-order chi connectivity index (χ0) is 27.0. The van der Waals surface area contributed by atoms with E-state index in [1.807, 2.05) is 30.3 Å². The van der Waals surface area contributed by atoms with Gasteiger partial charge in [-0.1, -0.05) is 47.7 Å². The summed E-state index contributed by atoms with van der Waals surface area (Å²) in [6.45, 7) is 2.15. The molecule has 2 aromatic heterocycles. The maximum absolute atomic E-state index is 14.2. The molecule has 1 spiro atoms. The van der Waals surface area contributed by atoms with Gasteiger partial charge in [-0.25, -0.2) is 8.78 Å². The monoisotopic (exact) mass is 549 g/mol. The van der Waals surface area contributed by atoms with Gasteiger partial charge in [0.05, 0.1) is 11.1 Å². The third kappa shape index (κ3) is 5.07. The Hall–Kier alpha value is -3.96. The quantitative estimate of drug-likeness (QED) is 0.381. The number of nitrogens with zero attached hydrogens (tertiary/aromatic N) is 3. The molecule has 2 aromatic carbocycles. The molecule has 2 aliphatic rings. The lowest BCUT2D eigenvalue weighted by molar-refractivity contribution is 0.0786. The summed E-state index contributed by atoms with van der Waals surface area (Å²) < 4.78 is 35.3. The molecule has 0 unspecified atom stereocenters. The lowest BCUT2D eigenvalue weighted by Crippen LogP contribution is -2.60. The Labute approximate surface area is 226 Å². The van der Waals surface area contributed by atoms with Crippen molar-refractivity contribution >= 4 is 17.2 Å². The number of pyridine rings is 1. The fraction of sp³-hybridized carbons (Fsp3) is 0.286. The number of hydrogen-bond donors (Lipinski definition) is 2. The minimum atomic E-state index is -0.671. The maximum Gasteiger partial charge on any atom is 0.272 e. The molecule has 0 saturated carbocycles. The highest BCUT2D eigenvalue weighted by atomic mass is 32.1. The van der Waals surface area contributed by atoms with Crippen molar-refractivity contribution in [3.8, 4) is 16.3 Å². The molecular formula is C28H25F2N5O3S. The van der Waals surface area contributed by atoms with E-state index in [9.17, 15) is 18.4 Å². The molecule has 0 atom stereocenters. The fourth-order valence-corrected chi connectivity index (χ4v) is 6.00. The van der Waals surface area contributed by atoms with Crippen molar-refractivity contribution in [2.75, 3.05) is 13.1 Å². The minimum Gasteiger partial charge on any atom is -0.483 e. The molecule has 0 bridgehead atoms. The highest BCUT2D eigenvalue weighted by molar-refractivity contribution is 7.14. The van der Waals surface area contributed by atoms with Crippen LogP contribution < -0.4 is 20.8 Å². The first-order valence-corrected chi connectivity index (χ1v) is 13.5. The molecule has 1 saturated heterocycles. The average molecular weight is 550 g/mol. The third-order valence-electron chi connectivity index (χ3n) is 7.15. The predicted octanol–water partition coefficient (Wildman–Crippen LogP) is 3.68. The summed E-state index contributed by atoms with van der Waals surface area (Å²) in [6.07, 6.45) is 3.27. The number of amides is 1. The highest BCUT2D eigenvalue weighted by Crippen LogP contribution is 2.32. The van der Waals surface area contributed by atoms with Crippen LogP contribution >= 0.6 is 11.3 Å². The van der Waals surface area contributed by atoms with Gasteiger partial charge in [-0.2, -0.15) is 0 Å². The first-order valence-electron chi connectivity index (χ1n) is 12.6. The second-order valence-electron chi connectivity index (χ2n) is 9.85. The predicted molar refractivity (Wildman–Crippen MR) is 142 cm³/mol. The van der Waals surface area contributed by atoms with E-state index in [1.165, 1.54) is 12.1 Å². The van der Waals surface area contributed by atoms with Crippen LogP contribution in [0.2, 0.25) is 0 Å². The second-order valence-corrected chi connectivity index (χ2v) is 10.9. The van der Waals surface area contributed by atoms with Crippen molar-refractivity contribution in [1.29, 1.82) is 0 Å². The Morgan fingerprint density at radius 1 is 1.05 bits per heavy atom. The van der Waals surface area contributed by atoms with Crippen LogP contribution in [-0.4, -0.2) is 39.3 Å². The van der Waals surface area contributed by atoms with Crippen LogP contribution in [0, 0.1) is 11.6 Å². The lowest BCUT2D eigenvalue weighted by atomic mass is 9.86. The van der Waals surface area contributed by atoms with E-state index in [-0.39, 0.29) is 41.5 Å². The standard InChI is InChI=1S/C28H25F2N5O3S/c29-19-7-6-18(21(30)13-19)12-22-33-34-27(39-22)20-14-35-16-28(8-10-31-11-9-28)32-26(37)23(35)25(24(20)36)38-15-17-4-2-1-3-5-17/h1-7,13-14,31H,8-12,15-16H2,(H,32,37). The zero-order valence-electron chi connectivity index (χ0n) is 20.9. The van der Waals surface area contributed by atoms with Gasteiger partial charge in [-0.15, -0.1) is 10.2 Å². The van der Waals surface area contributed by atoms with Crippen molar-refractivity contribution in [1.82, 2.24) is 25.4 Å². The molecule has 200 valence electrons. The van der Waals surface area contributed by atoms with Crippen LogP contribution in [0.25, 0.3) is 10.6 Å². The third-order valence-corrected chi connectivity index (χ3v) is 8.10. The van der Waals surface area contributed by atoms with Crippen LogP contribution in [0.3, 0.4) is 0 Å². The molecule has 2 aliphatic heterocycles. The van der Waals surface area contributed by atoms with Crippen LogP contribution in [0.4, 0.5) is 8.78 Å². The Balaban J connectivity index is 1.39. The van der Waals surface area contributed by atoms with Crippen LogP contribution in [0.15, 0.2) is 59.5 Å². The van der Waals surface area contributed by atoms with Crippen molar-refractivity contribution in [3.05, 3.63) is 98.4 Å². The number of carbonyl (C=O) groups excluding carboxylic acids is 1. The lowest BCUT2D eigenvalue weighted by Gasteiger charge is -2.43. The number of benzene rings is 2. The number of carbonyl (C=O) groups is 1. The van der Waals surface area contributed by atoms with Crippen LogP contribution in [0.5, 0.6) is 5.75 Å². The highest BCUT2D eigenvalue weighted by Gasteiger charge is 2.41.